The monoisotopic (exact) mass is 528 g/mol. The van der Waals surface area contributed by atoms with Gasteiger partial charge < -0.3 is 9.85 Å². The molecule has 0 saturated heterocycles. The van der Waals surface area contributed by atoms with Crippen LogP contribution in [0.5, 0.6) is 0 Å². The first-order valence-electron chi connectivity index (χ1n) is 8.13. The van der Waals surface area contributed by atoms with Crippen molar-refractivity contribution in [1.29, 1.82) is 0 Å². The Bertz CT molecular complexity index is 745. The fourth-order valence-electron chi connectivity index (χ4n) is 1.98. The molecule has 0 heterocycles. The van der Waals surface area contributed by atoms with Crippen LogP contribution in [0.3, 0.4) is 0 Å². The molecule has 1 N–H and O–H groups in total. The molecule has 0 aromatic rings. The van der Waals surface area contributed by atoms with Gasteiger partial charge in [0.1, 0.15) is 0 Å². The second-order valence-corrected chi connectivity index (χ2v) is 9.04. The van der Waals surface area contributed by atoms with E-state index in [1.807, 2.05) is 0 Å². The average molecular weight is 528 g/mol. The molecule has 32 heavy (non-hydrogen) atoms. The molecular formula is C13H17F13N2O3S. The van der Waals surface area contributed by atoms with Gasteiger partial charge in [-0.2, -0.15) is 57.1 Å². The predicted molar refractivity (Wildman–Crippen MR) is 82.2 cm³/mol. The summed E-state index contributed by atoms with van der Waals surface area (Å²) in [6.07, 6.45) is -10.6. The lowest BCUT2D eigenvalue weighted by Gasteiger charge is -2.39. The summed E-state index contributed by atoms with van der Waals surface area (Å²) in [6.45, 7) is -0.828. The fourth-order valence-corrected chi connectivity index (χ4v) is 3.11. The van der Waals surface area contributed by atoms with Crippen molar-refractivity contribution in [3.63, 3.8) is 0 Å². The molecule has 0 fully saturated rings. The van der Waals surface area contributed by atoms with E-state index < -0.39 is 69.2 Å². The average Bonchev–Trinajstić information content (AvgIpc) is 2.54. The van der Waals surface area contributed by atoms with Gasteiger partial charge in [0.15, 0.2) is 0 Å². The number of nitrogens with zero attached hydrogens (tertiary/aromatic N) is 1. The zero-order chi connectivity index (χ0) is 26.2. The predicted octanol–water partition coefficient (Wildman–Crippen LogP) is 4.00. The highest BCUT2D eigenvalue weighted by molar-refractivity contribution is 7.89. The van der Waals surface area contributed by atoms with Crippen LogP contribution < -0.4 is 4.72 Å². The Balaban J connectivity index is 5.60. The van der Waals surface area contributed by atoms with Crippen molar-refractivity contribution >= 4 is 10.0 Å². The zero-order valence-corrected chi connectivity index (χ0v) is 16.8. The third-order valence-electron chi connectivity index (χ3n) is 3.88. The molecule has 0 aliphatic heterocycles. The summed E-state index contributed by atoms with van der Waals surface area (Å²) in [5.41, 5.74) is 0. The minimum absolute atomic E-state index is 0.209. The van der Waals surface area contributed by atoms with Gasteiger partial charge in [-0.1, -0.05) is 0 Å². The number of hydrogen-bond donors (Lipinski definition) is 1. The number of alkyl halides is 13. The van der Waals surface area contributed by atoms with Gasteiger partial charge in [0.25, 0.3) is 0 Å². The number of nitrogens with one attached hydrogen (secondary N) is 1. The minimum atomic E-state index is -8.04. The van der Waals surface area contributed by atoms with Crippen molar-refractivity contribution in [2.75, 3.05) is 32.9 Å². The molecule has 0 amide bonds. The molecule has 19 heteroatoms. The lowest BCUT2D eigenvalue weighted by atomic mass is 9.93. The topological polar surface area (TPSA) is 69.2 Å². The quantitative estimate of drug-likeness (QED) is 0.180. The van der Waals surface area contributed by atoms with E-state index in [0.29, 0.717) is 0 Å². The molecule has 0 spiro atoms. The molecule has 0 aromatic carbocycles. The summed E-state index contributed by atoms with van der Waals surface area (Å²) in [4.78, 5) is 0. The van der Waals surface area contributed by atoms with Crippen LogP contribution >= 0.6 is 0 Å². The van der Waals surface area contributed by atoms with Gasteiger partial charge in [0.05, 0.1) is 26.4 Å². The summed E-state index contributed by atoms with van der Waals surface area (Å²) in [6, 6.07) is 0. The first-order valence-corrected chi connectivity index (χ1v) is 9.79. The van der Waals surface area contributed by atoms with Gasteiger partial charge >= 0.3 is 35.8 Å². The minimum Gasteiger partial charge on any atom is -0.633 e. The first kappa shape index (κ1) is 30.9. The van der Waals surface area contributed by atoms with Crippen LogP contribution in [0.1, 0.15) is 12.8 Å². The number of rotatable bonds is 12. The third kappa shape index (κ3) is 6.28. The van der Waals surface area contributed by atoms with Gasteiger partial charge in [-0.25, -0.2) is 13.1 Å². The van der Waals surface area contributed by atoms with Crippen LogP contribution in [0.4, 0.5) is 57.1 Å². The summed E-state index contributed by atoms with van der Waals surface area (Å²) < 4.78 is 192. The Morgan fingerprint density at radius 1 is 0.750 bits per heavy atom. The largest absolute Gasteiger partial charge is 0.633 e. The van der Waals surface area contributed by atoms with Crippen molar-refractivity contribution in [3.05, 3.63) is 5.21 Å². The fraction of sp³-hybridized carbons (Fsp3) is 1.00. The second kappa shape index (κ2) is 8.94. The first-order chi connectivity index (χ1) is 13.7. The van der Waals surface area contributed by atoms with Gasteiger partial charge in [0.2, 0.25) is 10.0 Å². The molecule has 0 atom stereocenters. The van der Waals surface area contributed by atoms with E-state index in [2.05, 4.69) is 0 Å². The Hall–Kier alpha value is -1.08. The lowest BCUT2D eigenvalue weighted by Crippen LogP contribution is -2.70. The molecule has 0 aliphatic carbocycles. The Labute approximate surface area is 172 Å². The van der Waals surface area contributed by atoms with E-state index in [-0.39, 0.29) is 13.0 Å². The Morgan fingerprint density at radius 3 is 1.53 bits per heavy atom. The third-order valence-corrected chi connectivity index (χ3v) is 5.26. The van der Waals surface area contributed by atoms with E-state index >= 15 is 0 Å². The molecule has 0 rings (SSSR count). The molecule has 0 unspecified atom stereocenters. The standard InChI is InChI=1S/C13H17F13N2O3S/c1-28(2,29)6-3-5-27-32(30,31)7-4-8(14,15)9(16,17)10(18,19)11(20,21)12(22,23)13(24,25)26/h27H,3-7H2,1-2H3. The normalized spacial score (nSPS) is 15.9. The van der Waals surface area contributed by atoms with Crippen molar-refractivity contribution in [2.24, 2.45) is 0 Å². The van der Waals surface area contributed by atoms with Crippen LogP contribution in [0.2, 0.25) is 0 Å². The SMILES string of the molecule is C[N+](C)([O-])CCCNS(=O)(=O)CCC(F)(F)C(F)(F)C(F)(F)C(F)(F)C(F)(F)C(F)(F)F. The highest BCUT2D eigenvalue weighted by Gasteiger charge is 2.90. The van der Waals surface area contributed by atoms with Crippen LogP contribution in [0.25, 0.3) is 0 Å². The number of quaternary nitrogens is 1. The Morgan fingerprint density at radius 2 is 1.16 bits per heavy atom. The van der Waals surface area contributed by atoms with E-state index in [1.54, 1.807) is 0 Å². The summed E-state index contributed by atoms with van der Waals surface area (Å²) >= 11 is 0. The molecular weight excluding hydrogens is 511 g/mol. The number of hydrogen-bond acceptors (Lipinski definition) is 3. The number of hydroxylamine groups is 3. The van der Waals surface area contributed by atoms with E-state index in [1.165, 1.54) is 4.72 Å². The van der Waals surface area contributed by atoms with Gasteiger partial charge in [-0.15, -0.1) is 0 Å². The smallest absolute Gasteiger partial charge is 0.460 e. The second-order valence-electron chi connectivity index (χ2n) is 7.11. The van der Waals surface area contributed by atoms with Gasteiger partial charge in [0, 0.05) is 19.4 Å². The van der Waals surface area contributed by atoms with Crippen LogP contribution in [-0.4, -0.2) is 81.8 Å². The highest BCUT2D eigenvalue weighted by Crippen LogP contribution is 2.60. The van der Waals surface area contributed by atoms with Crippen molar-refractivity contribution in [3.8, 4) is 0 Å². The van der Waals surface area contributed by atoms with Gasteiger partial charge in [-0.05, 0) is 0 Å². The summed E-state index contributed by atoms with van der Waals surface area (Å²) in [7, 11) is -2.69. The maximum Gasteiger partial charge on any atom is 0.460 e. The Kier molecular flexibility index (Phi) is 8.63. The highest BCUT2D eigenvalue weighted by atomic mass is 32.2. The molecule has 194 valence electrons. The van der Waals surface area contributed by atoms with Crippen molar-refractivity contribution in [1.82, 2.24) is 4.72 Å². The molecule has 0 bridgehead atoms. The lowest BCUT2D eigenvalue weighted by molar-refractivity contribution is -0.840. The van der Waals surface area contributed by atoms with Crippen molar-refractivity contribution in [2.45, 2.75) is 48.6 Å². The maximum atomic E-state index is 13.6. The van der Waals surface area contributed by atoms with Crippen LogP contribution in [0, 0.1) is 5.21 Å². The molecule has 0 aromatic heterocycles. The van der Waals surface area contributed by atoms with Gasteiger partial charge in [-0.3, -0.25) is 0 Å². The molecule has 0 saturated carbocycles. The van der Waals surface area contributed by atoms with E-state index in [4.69, 9.17) is 0 Å². The van der Waals surface area contributed by atoms with Crippen molar-refractivity contribution < 1.29 is 70.1 Å². The van der Waals surface area contributed by atoms with E-state index in [9.17, 15) is 70.7 Å². The zero-order valence-electron chi connectivity index (χ0n) is 16.0. The number of sulfonamides is 1. The maximum absolute atomic E-state index is 13.6. The summed E-state index contributed by atoms with van der Waals surface area (Å²) in [5, 5.41) is 11.2. The molecule has 5 nitrogen and oxygen atoms in total. The summed E-state index contributed by atoms with van der Waals surface area (Å²) in [5.74, 6) is -40.0. The van der Waals surface area contributed by atoms with E-state index in [0.717, 1.165) is 14.1 Å². The van der Waals surface area contributed by atoms with Crippen LogP contribution in [-0.2, 0) is 10.0 Å². The molecule has 0 radical (unpaired) electrons. The number of halogens is 13. The molecule has 0 aliphatic rings. The van der Waals surface area contributed by atoms with Crippen LogP contribution in [0.15, 0.2) is 0 Å².